The van der Waals surface area contributed by atoms with Gasteiger partial charge in [-0.2, -0.15) is 0 Å². The minimum absolute atomic E-state index is 0. The molecule has 0 aromatic carbocycles. The van der Waals surface area contributed by atoms with Gasteiger partial charge in [-0.15, -0.1) is 24.8 Å². The van der Waals surface area contributed by atoms with Crippen LogP contribution >= 0.6 is 24.8 Å². The summed E-state index contributed by atoms with van der Waals surface area (Å²) in [6.45, 7) is 5.44. The molecule has 1 amide bonds. The van der Waals surface area contributed by atoms with Crippen molar-refractivity contribution in [2.45, 2.75) is 50.6 Å². The normalized spacial score (nSPS) is 30.7. The Hall–Kier alpha value is -0.0300. The molecule has 118 valence electrons. The maximum absolute atomic E-state index is 12.3. The van der Waals surface area contributed by atoms with Crippen LogP contribution in [0.15, 0.2) is 0 Å². The molecule has 1 N–H and O–H groups in total. The van der Waals surface area contributed by atoms with Crippen LogP contribution in [-0.4, -0.2) is 60.5 Å². The number of halogens is 2. The van der Waals surface area contributed by atoms with Crippen molar-refractivity contribution in [1.29, 1.82) is 0 Å². The number of carbonyl (C=O) groups is 1. The van der Waals surface area contributed by atoms with Crippen molar-refractivity contribution in [2.75, 3.05) is 32.7 Å². The monoisotopic (exact) mass is 323 g/mol. The van der Waals surface area contributed by atoms with E-state index in [-0.39, 0.29) is 30.9 Å². The SMILES string of the molecule is Cl.Cl.O=C(C1CCCN1)N1CCC(N2CCCCC2)C1. The highest BCUT2D eigenvalue weighted by atomic mass is 35.5. The summed E-state index contributed by atoms with van der Waals surface area (Å²) in [5.74, 6) is 0.354. The summed E-state index contributed by atoms with van der Waals surface area (Å²) in [7, 11) is 0. The number of carbonyl (C=O) groups excluding carboxylic acids is 1. The standard InChI is InChI=1S/C14H25N3O.2ClH/c18-14(13-5-4-7-15-13)17-10-6-12(11-17)16-8-2-1-3-9-16;;/h12-13,15H,1-11H2;2*1H. The summed E-state index contributed by atoms with van der Waals surface area (Å²) in [4.78, 5) is 17.0. The second-order valence-corrected chi connectivity index (χ2v) is 5.97. The molecular formula is C14H27Cl2N3O. The van der Waals surface area contributed by atoms with Crippen LogP contribution in [0.2, 0.25) is 0 Å². The number of nitrogens with one attached hydrogen (secondary N) is 1. The lowest BCUT2D eigenvalue weighted by Crippen LogP contribution is -2.45. The van der Waals surface area contributed by atoms with E-state index >= 15 is 0 Å². The highest BCUT2D eigenvalue weighted by Gasteiger charge is 2.34. The van der Waals surface area contributed by atoms with E-state index in [1.807, 2.05) is 0 Å². The molecule has 0 aromatic rings. The highest BCUT2D eigenvalue weighted by Crippen LogP contribution is 2.21. The third kappa shape index (κ3) is 4.00. The van der Waals surface area contributed by atoms with E-state index in [0.717, 1.165) is 32.5 Å². The van der Waals surface area contributed by atoms with E-state index in [0.29, 0.717) is 11.9 Å². The van der Waals surface area contributed by atoms with Gasteiger partial charge in [0, 0.05) is 19.1 Å². The summed E-state index contributed by atoms with van der Waals surface area (Å²) in [6, 6.07) is 0.751. The smallest absolute Gasteiger partial charge is 0.239 e. The first-order valence-electron chi connectivity index (χ1n) is 7.61. The second kappa shape index (κ2) is 8.42. The molecule has 3 heterocycles. The number of piperidine rings is 1. The van der Waals surface area contributed by atoms with Gasteiger partial charge in [0.1, 0.15) is 0 Å². The van der Waals surface area contributed by atoms with E-state index in [2.05, 4.69) is 15.1 Å². The van der Waals surface area contributed by atoms with Gasteiger partial charge in [0.25, 0.3) is 0 Å². The van der Waals surface area contributed by atoms with Crippen LogP contribution in [0.4, 0.5) is 0 Å². The molecule has 0 radical (unpaired) electrons. The molecule has 0 spiro atoms. The molecule has 0 bridgehead atoms. The summed E-state index contributed by atoms with van der Waals surface area (Å²) < 4.78 is 0. The Bertz CT molecular complexity index is 305. The van der Waals surface area contributed by atoms with E-state index in [1.165, 1.54) is 38.8 Å². The van der Waals surface area contributed by atoms with Gasteiger partial charge in [0.05, 0.1) is 6.04 Å². The zero-order valence-electron chi connectivity index (χ0n) is 12.1. The predicted octanol–water partition coefficient (Wildman–Crippen LogP) is 1.67. The molecule has 0 saturated carbocycles. The first-order valence-corrected chi connectivity index (χ1v) is 7.61. The Balaban J connectivity index is 0.000001000. The van der Waals surface area contributed by atoms with Crippen LogP contribution in [0.3, 0.4) is 0 Å². The fourth-order valence-corrected chi connectivity index (χ4v) is 3.64. The van der Waals surface area contributed by atoms with Crippen molar-refractivity contribution < 1.29 is 4.79 Å². The lowest BCUT2D eigenvalue weighted by molar-refractivity contribution is -0.132. The van der Waals surface area contributed by atoms with Crippen molar-refractivity contribution in [3.63, 3.8) is 0 Å². The van der Waals surface area contributed by atoms with Gasteiger partial charge >= 0.3 is 0 Å². The van der Waals surface area contributed by atoms with Crippen molar-refractivity contribution in [3.05, 3.63) is 0 Å². The molecule has 2 atom stereocenters. The molecule has 20 heavy (non-hydrogen) atoms. The largest absolute Gasteiger partial charge is 0.340 e. The van der Waals surface area contributed by atoms with Gasteiger partial charge in [0.15, 0.2) is 0 Å². The molecule has 0 aromatic heterocycles. The number of nitrogens with zero attached hydrogens (tertiary/aromatic N) is 2. The lowest BCUT2D eigenvalue weighted by atomic mass is 10.1. The van der Waals surface area contributed by atoms with Gasteiger partial charge in [-0.3, -0.25) is 9.69 Å². The Kier molecular flexibility index (Phi) is 7.59. The third-order valence-electron chi connectivity index (χ3n) is 4.74. The molecule has 2 unspecified atom stereocenters. The fraction of sp³-hybridized carbons (Fsp3) is 0.929. The second-order valence-electron chi connectivity index (χ2n) is 5.97. The van der Waals surface area contributed by atoms with E-state index in [4.69, 9.17) is 0 Å². The summed E-state index contributed by atoms with van der Waals surface area (Å²) in [5, 5.41) is 3.32. The molecule has 3 rings (SSSR count). The number of rotatable bonds is 2. The Morgan fingerprint density at radius 2 is 1.70 bits per heavy atom. The maximum atomic E-state index is 12.3. The molecule has 3 fully saturated rings. The van der Waals surface area contributed by atoms with Crippen molar-refractivity contribution in [3.8, 4) is 0 Å². The van der Waals surface area contributed by atoms with Crippen molar-refractivity contribution in [1.82, 2.24) is 15.1 Å². The zero-order chi connectivity index (χ0) is 12.4. The Morgan fingerprint density at radius 1 is 0.950 bits per heavy atom. The molecule has 0 aliphatic carbocycles. The lowest BCUT2D eigenvalue weighted by Gasteiger charge is -2.32. The van der Waals surface area contributed by atoms with Gasteiger partial charge in [-0.05, 0) is 51.7 Å². The Labute approximate surface area is 134 Å². The van der Waals surface area contributed by atoms with Gasteiger partial charge in [-0.1, -0.05) is 6.42 Å². The average Bonchev–Trinajstić information content (AvgIpc) is 3.10. The van der Waals surface area contributed by atoms with Crippen molar-refractivity contribution >= 4 is 30.7 Å². The fourth-order valence-electron chi connectivity index (χ4n) is 3.64. The third-order valence-corrected chi connectivity index (χ3v) is 4.74. The van der Waals surface area contributed by atoms with Gasteiger partial charge in [-0.25, -0.2) is 0 Å². The minimum atomic E-state index is 0. The predicted molar refractivity (Wildman–Crippen MR) is 85.9 cm³/mol. The Morgan fingerprint density at radius 3 is 2.35 bits per heavy atom. The van der Waals surface area contributed by atoms with Crippen LogP contribution < -0.4 is 5.32 Å². The van der Waals surface area contributed by atoms with Crippen LogP contribution in [-0.2, 0) is 4.79 Å². The summed E-state index contributed by atoms with van der Waals surface area (Å²) in [6.07, 6.45) is 7.43. The molecular weight excluding hydrogens is 297 g/mol. The van der Waals surface area contributed by atoms with Crippen LogP contribution in [0.25, 0.3) is 0 Å². The minimum Gasteiger partial charge on any atom is -0.340 e. The molecule has 6 heteroatoms. The maximum Gasteiger partial charge on any atom is 0.239 e. The van der Waals surface area contributed by atoms with Crippen LogP contribution in [0.1, 0.15) is 38.5 Å². The molecule has 3 aliphatic rings. The molecule has 4 nitrogen and oxygen atoms in total. The van der Waals surface area contributed by atoms with Crippen LogP contribution in [0.5, 0.6) is 0 Å². The number of likely N-dealkylation sites (tertiary alicyclic amines) is 2. The quantitative estimate of drug-likeness (QED) is 0.839. The van der Waals surface area contributed by atoms with E-state index in [9.17, 15) is 4.79 Å². The van der Waals surface area contributed by atoms with Crippen molar-refractivity contribution in [2.24, 2.45) is 0 Å². The average molecular weight is 324 g/mol. The van der Waals surface area contributed by atoms with Gasteiger partial charge < -0.3 is 10.2 Å². The summed E-state index contributed by atoms with van der Waals surface area (Å²) >= 11 is 0. The molecule has 3 saturated heterocycles. The topological polar surface area (TPSA) is 35.6 Å². The number of hydrogen-bond donors (Lipinski definition) is 1. The highest BCUT2D eigenvalue weighted by molar-refractivity contribution is 5.85. The zero-order valence-corrected chi connectivity index (χ0v) is 13.7. The first kappa shape index (κ1) is 18.0. The van der Waals surface area contributed by atoms with Gasteiger partial charge in [0.2, 0.25) is 5.91 Å². The van der Waals surface area contributed by atoms with E-state index in [1.54, 1.807) is 0 Å². The number of hydrogen-bond acceptors (Lipinski definition) is 3. The number of amides is 1. The first-order chi connectivity index (χ1) is 8.84. The summed E-state index contributed by atoms with van der Waals surface area (Å²) in [5.41, 5.74) is 0. The molecule has 3 aliphatic heterocycles. The van der Waals surface area contributed by atoms with Crippen LogP contribution in [0, 0.1) is 0 Å². The van der Waals surface area contributed by atoms with E-state index < -0.39 is 0 Å².